The quantitative estimate of drug-likeness (QED) is 0.783. The van der Waals surface area contributed by atoms with Crippen LogP contribution in [-0.4, -0.2) is 39.4 Å². The van der Waals surface area contributed by atoms with Crippen molar-refractivity contribution in [3.63, 3.8) is 0 Å². The van der Waals surface area contributed by atoms with Gasteiger partial charge in [0.1, 0.15) is 16.4 Å². The lowest BCUT2D eigenvalue weighted by Gasteiger charge is -2.18. The van der Waals surface area contributed by atoms with E-state index in [2.05, 4.69) is 0 Å². The number of nitrogen functional groups attached to an aromatic ring is 1. The summed E-state index contributed by atoms with van der Waals surface area (Å²) in [5.41, 5.74) is 4.21. The molecule has 112 valence electrons. The van der Waals surface area contributed by atoms with Gasteiger partial charge in [0, 0.05) is 14.1 Å². The summed E-state index contributed by atoms with van der Waals surface area (Å²) < 4.78 is 52.6. The first-order valence-electron chi connectivity index (χ1n) is 5.55. The molecule has 0 saturated carbocycles. The van der Waals surface area contributed by atoms with Gasteiger partial charge in [0.25, 0.3) is 0 Å². The fourth-order valence-electron chi connectivity index (χ4n) is 1.49. The molecule has 1 atom stereocenters. The van der Waals surface area contributed by atoms with E-state index in [1.54, 1.807) is 0 Å². The highest BCUT2D eigenvalue weighted by molar-refractivity contribution is 7.89. The van der Waals surface area contributed by atoms with Crippen molar-refractivity contribution in [3.05, 3.63) is 23.8 Å². The smallest absolute Gasteiger partial charge is 0.244 e. The maximum atomic E-state index is 13.7. The van der Waals surface area contributed by atoms with Crippen LogP contribution in [-0.2, 0) is 14.8 Å². The molecule has 9 heteroatoms. The Bertz CT molecular complexity index is 632. The molecule has 0 saturated heterocycles. The highest BCUT2D eigenvalue weighted by Crippen LogP contribution is 2.22. The molecule has 6 nitrogen and oxygen atoms in total. The minimum Gasteiger partial charge on any atom is -0.394 e. The molecule has 1 unspecified atom stereocenters. The molecule has 0 aromatic heterocycles. The van der Waals surface area contributed by atoms with Crippen LogP contribution in [0.3, 0.4) is 0 Å². The Morgan fingerprint density at radius 3 is 2.40 bits per heavy atom. The fourth-order valence-corrected chi connectivity index (χ4v) is 2.78. The van der Waals surface area contributed by atoms with Crippen molar-refractivity contribution in [2.75, 3.05) is 19.8 Å². The van der Waals surface area contributed by atoms with Crippen molar-refractivity contribution in [1.82, 2.24) is 9.62 Å². The summed E-state index contributed by atoms with van der Waals surface area (Å²) in [5.74, 6) is -2.95. The molecule has 1 amide bonds. The highest BCUT2D eigenvalue weighted by atomic mass is 32.2. The van der Waals surface area contributed by atoms with Crippen molar-refractivity contribution in [3.8, 4) is 0 Å². The molecule has 0 aliphatic rings. The number of nitrogens with zero attached hydrogens (tertiary/aromatic N) is 1. The molecule has 3 N–H and O–H groups in total. The van der Waals surface area contributed by atoms with Crippen LogP contribution < -0.4 is 10.5 Å². The van der Waals surface area contributed by atoms with Gasteiger partial charge in [-0.2, -0.15) is 4.72 Å². The zero-order valence-electron chi connectivity index (χ0n) is 11.1. The predicted octanol–water partition coefficient (Wildman–Crippen LogP) is 0.302. The molecule has 1 aromatic carbocycles. The molecule has 0 aliphatic carbocycles. The number of sulfonamides is 1. The fraction of sp³-hybridized carbons (Fsp3) is 0.364. The lowest BCUT2D eigenvalue weighted by molar-refractivity contribution is -0.130. The van der Waals surface area contributed by atoms with Crippen molar-refractivity contribution in [2.24, 2.45) is 0 Å². The summed E-state index contributed by atoms with van der Waals surface area (Å²) in [6.45, 7) is 1.31. The van der Waals surface area contributed by atoms with Gasteiger partial charge in [-0.15, -0.1) is 0 Å². The van der Waals surface area contributed by atoms with Crippen LogP contribution in [0.15, 0.2) is 17.0 Å². The molecule has 0 heterocycles. The molecule has 0 aliphatic heterocycles. The van der Waals surface area contributed by atoms with Crippen molar-refractivity contribution in [1.29, 1.82) is 0 Å². The number of nitrogens with one attached hydrogen (secondary N) is 1. The Kier molecular flexibility index (Phi) is 4.66. The Balaban J connectivity index is 3.13. The number of likely N-dealkylation sites (N-methyl/N-ethyl adjacent to an activating group) is 1. The summed E-state index contributed by atoms with van der Waals surface area (Å²) in [4.78, 5) is 12.0. The van der Waals surface area contributed by atoms with E-state index in [0.717, 1.165) is 12.1 Å². The molecular formula is C11H15F2N3O3S. The monoisotopic (exact) mass is 307 g/mol. The van der Waals surface area contributed by atoms with Crippen LogP contribution >= 0.6 is 0 Å². The molecule has 1 rings (SSSR count). The van der Waals surface area contributed by atoms with Crippen LogP contribution in [0.5, 0.6) is 0 Å². The maximum absolute atomic E-state index is 13.7. The van der Waals surface area contributed by atoms with Gasteiger partial charge >= 0.3 is 0 Å². The third-order valence-corrected chi connectivity index (χ3v) is 4.08. The molecule has 0 spiro atoms. The second-order valence-electron chi connectivity index (χ2n) is 4.35. The first-order valence-corrected chi connectivity index (χ1v) is 7.03. The number of hydrogen-bond acceptors (Lipinski definition) is 4. The van der Waals surface area contributed by atoms with Gasteiger partial charge in [0.05, 0.1) is 6.04 Å². The van der Waals surface area contributed by atoms with Gasteiger partial charge in [-0.1, -0.05) is 0 Å². The van der Waals surface area contributed by atoms with Crippen LogP contribution in [0.25, 0.3) is 0 Å². The average Bonchev–Trinajstić information content (AvgIpc) is 2.33. The van der Waals surface area contributed by atoms with E-state index in [0.29, 0.717) is 0 Å². The highest BCUT2D eigenvalue weighted by Gasteiger charge is 2.27. The molecular weight excluding hydrogens is 292 g/mol. The standard InChI is InChI=1S/C11H15F2N3O3S/c1-6(11(17)16(2)3)15-20(18,19)8-5-4-7(12)10(14)9(8)13/h4-6,15H,14H2,1-3H3. The van der Waals surface area contributed by atoms with E-state index in [4.69, 9.17) is 5.73 Å². The summed E-state index contributed by atoms with van der Waals surface area (Å²) in [6.07, 6.45) is 0. The maximum Gasteiger partial charge on any atom is 0.244 e. The number of carbonyl (C=O) groups is 1. The van der Waals surface area contributed by atoms with Crippen molar-refractivity contribution in [2.45, 2.75) is 17.9 Å². The van der Waals surface area contributed by atoms with E-state index in [1.165, 1.54) is 25.9 Å². The SMILES string of the molecule is CC(NS(=O)(=O)c1ccc(F)c(N)c1F)C(=O)N(C)C. The predicted molar refractivity (Wildman–Crippen MR) is 69.2 cm³/mol. The van der Waals surface area contributed by atoms with E-state index >= 15 is 0 Å². The third-order valence-electron chi connectivity index (χ3n) is 2.52. The largest absolute Gasteiger partial charge is 0.394 e. The summed E-state index contributed by atoms with van der Waals surface area (Å²) in [6, 6.07) is 0.391. The summed E-state index contributed by atoms with van der Waals surface area (Å²) >= 11 is 0. The van der Waals surface area contributed by atoms with Gasteiger partial charge < -0.3 is 10.6 Å². The van der Waals surface area contributed by atoms with Gasteiger partial charge in [-0.05, 0) is 19.1 Å². The number of anilines is 1. The minimum absolute atomic E-state index is 0.510. The summed E-state index contributed by atoms with van der Waals surface area (Å²) in [5, 5.41) is 0. The van der Waals surface area contributed by atoms with Crippen LogP contribution in [0.1, 0.15) is 6.92 Å². The normalized spacial score (nSPS) is 13.1. The third kappa shape index (κ3) is 3.23. The minimum atomic E-state index is -4.33. The van der Waals surface area contributed by atoms with E-state index in [1.807, 2.05) is 4.72 Å². The number of carbonyl (C=O) groups excluding carboxylic acids is 1. The topological polar surface area (TPSA) is 92.5 Å². The molecule has 20 heavy (non-hydrogen) atoms. The molecule has 0 bridgehead atoms. The van der Waals surface area contributed by atoms with Gasteiger partial charge in [-0.3, -0.25) is 4.79 Å². The Labute approximate surface area is 115 Å². The molecule has 1 aromatic rings. The number of hydrogen-bond donors (Lipinski definition) is 2. The van der Waals surface area contributed by atoms with Gasteiger partial charge in [0.15, 0.2) is 5.82 Å². The Morgan fingerprint density at radius 1 is 1.35 bits per heavy atom. The zero-order valence-corrected chi connectivity index (χ0v) is 12.0. The van der Waals surface area contributed by atoms with Crippen LogP contribution in [0, 0.1) is 11.6 Å². The van der Waals surface area contributed by atoms with E-state index in [-0.39, 0.29) is 0 Å². The van der Waals surface area contributed by atoms with Crippen LogP contribution in [0.2, 0.25) is 0 Å². The second kappa shape index (κ2) is 5.71. The van der Waals surface area contributed by atoms with E-state index < -0.39 is 44.2 Å². The lowest BCUT2D eigenvalue weighted by atomic mass is 10.3. The summed E-state index contributed by atoms with van der Waals surface area (Å²) in [7, 11) is -1.43. The average molecular weight is 307 g/mol. The number of benzene rings is 1. The number of nitrogens with two attached hydrogens (primary N) is 1. The van der Waals surface area contributed by atoms with Crippen molar-refractivity contribution < 1.29 is 22.0 Å². The zero-order chi connectivity index (χ0) is 15.7. The number of amides is 1. The number of halogens is 2. The van der Waals surface area contributed by atoms with E-state index in [9.17, 15) is 22.0 Å². The Hall–Kier alpha value is -1.74. The molecule has 0 radical (unpaired) electrons. The van der Waals surface area contributed by atoms with Gasteiger partial charge in [0.2, 0.25) is 15.9 Å². The van der Waals surface area contributed by atoms with Crippen LogP contribution in [0.4, 0.5) is 14.5 Å². The molecule has 0 fully saturated rings. The van der Waals surface area contributed by atoms with Crippen molar-refractivity contribution >= 4 is 21.6 Å². The first-order chi connectivity index (χ1) is 9.08. The van der Waals surface area contributed by atoms with Gasteiger partial charge in [-0.25, -0.2) is 17.2 Å². The number of rotatable bonds is 4. The first kappa shape index (κ1) is 16.3. The Morgan fingerprint density at radius 2 is 1.90 bits per heavy atom. The second-order valence-corrected chi connectivity index (χ2v) is 6.03. The lowest BCUT2D eigenvalue weighted by Crippen LogP contribution is -2.44.